The van der Waals surface area contributed by atoms with Crippen LogP contribution in [0.3, 0.4) is 0 Å². The molecular formula is C24H32ClN5O2S. The van der Waals surface area contributed by atoms with Gasteiger partial charge in [0.05, 0.1) is 30.0 Å². The Morgan fingerprint density at radius 3 is 2.73 bits per heavy atom. The summed E-state index contributed by atoms with van der Waals surface area (Å²) in [6.45, 7) is 6.68. The Balaban J connectivity index is 1.33. The third kappa shape index (κ3) is 4.81. The monoisotopic (exact) mass is 489 g/mol. The molecule has 2 N–H and O–H groups in total. The summed E-state index contributed by atoms with van der Waals surface area (Å²) in [5.41, 5.74) is 1.76. The molecule has 0 radical (unpaired) electrons. The van der Waals surface area contributed by atoms with Gasteiger partial charge in [0.1, 0.15) is 16.5 Å². The average Bonchev–Trinajstić information content (AvgIpc) is 3.14. The molecular weight excluding hydrogens is 458 g/mol. The second-order valence-corrected chi connectivity index (χ2v) is 11.1. The molecule has 178 valence electrons. The van der Waals surface area contributed by atoms with E-state index in [-0.39, 0.29) is 6.61 Å². The van der Waals surface area contributed by atoms with E-state index in [4.69, 9.17) is 26.3 Å². The summed E-state index contributed by atoms with van der Waals surface area (Å²) < 4.78 is 5.86. The van der Waals surface area contributed by atoms with Gasteiger partial charge < -0.3 is 20.1 Å². The smallest absolute Gasteiger partial charge is 0.153 e. The van der Waals surface area contributed by atoms with Crippen molar-refractivity contribution in [2.24, 2.45) is 5.41 Å². The summed E-state index contributed by atoms with van der Waals surface area (Å²) in [6.07, 6.45) is 9.00. The molecule has 2 saturated heterocycles. The minimum Gasteiger partial charge on any atom is -0.390 e. The van der Waals surface area contributed by atoms with Crippen LogP contribution in [0.15, 0.2) is 22.2 Å². The Morgan fingerprint density at radius 2 is 2.09 bits per heavy atom. The molecule has 0 unspecified atom stereocenters. The van der Waals surface area contributed by atoms with Crippen molar-refractivity contribution in [1.82, 2.24) is 15.0 Å². The summed E-state index contributed by atoms with van der Waals surface area (Å²) in [5, 5.41) is 14.9. The number of hydrogen-bond acceptors (Lipinski definition) is 8. The van der Waals surface area contributed by atoms with Crippen molar-refractivity contribution in [2.45, 2.75) is 81.0 Å². The molecule has 0 bridgehead atoms. The Kier molecular flexibility index (Phi) is 6.71. The van der Waals surface area contributed by atoms with E-state index >= 15 is 0 Å². The molecule has 3 fully saturated rings. The lowest BCUT2D eigenvalue weighted by Gasteiger charge is -2.39. The molecule has 1 saturated carbocycles. The third-order valence-corrected chi connectivity index (χ3v) is 8.89. The van der Waals surface area contributed by atoms with Crippen molar-refractivity contribution in [3.8, 4) is 0 Å². The van der Waals surface area contributed by atoms with Crippen LogP contribution in [0.25, 0.3) is 0 Å². The topological polar surface area (TPSA) is 83.4 Å². The van der Waals surface area contributed by atoms with E-state index in [0.717, 1.165) is 79.1 Å². The predicted octanol–water partition coefficient (Wildman–Crippen LogP) is 4.84. The Morgan fingerprint density at radius 1 is 1.30 bits per heavy atom. The maximum absolute atomic E-state index is 10.1. The lowest BCUT2D eigenvalue weighted by atomic mass is 9.77. The number of rotatable bonds is 6. The number of anilines is 2. The molecule has 2 aliphatic heterocycles. The lowest BCUT2D eigenvalue weighted by Crippen LogP contribution is -2.41. The Hall–Kier alpha value is -1.61. The minimum atomic E-state index is -0.142. The molecule has 3 aliphatic rings. The van der Waals surface area contributed by atoms with Gasteiger partial charge >= 0.3 is 0 Å². The van der Waals surface area contributed by atoms with Gasteiger partial charge in [-0.1, -0.05) is 23.4 Å². The molecule has 2 aromatic rings. The maximum Gasteiger partial charge on any atom is 0.153 e. The number of piperidine rings is 1. The van der Waals surface area contributed by atoms with Crippen molar-refractivity contribution < 1.29 is 9.84 Å². The highest BCUT2D eigenvalue weighted by molar-refractivity contribution is 7.99. The second kappa shape index (κ2) is 9.56. The number of ether oxygens (including phenoxy) is 1. The van der Waals surface area contributed by atoms with Crippen LogP contribution in [0.5, 0.6) is 0 Å². The van der Waals surface area contributed by atoms with Crippen molar-refractivity contribution in [3.05, 3.63) is 28.7 Å². The molecule has 7 nitrogen and oxygen atoms in total. The number of nitrogens with one attached hydrogen (secondary N) is 1. The molecule has 9 heteroatoms. The van der Waals surface area contributed by atoms with Crippen LogP contribution in [-0.2, 0) is 11.3 Å². The van der Waals surface area contributed by atoms with Gasteiger partial charge in [-0.15, -0.1) is 0 Å². The molecule has 1 atom stereocenters. The van der Waals surface area contributed by atoms with Crippen molar-refractivity contribution >= 4 is 35.0 Å². The normalized spacial score (nSPS) is 22.5. The maximum atomic E-state index is 10.1. The number of aliphatic hydroxyl groups excluding tert-OH is 1. The van der Waals surface area contributed by atoms with E-state index in [1.165, 1.54) is 18.2 Å². The highest BCUT2D eigenvalue weighted by Gasteiger charge is 2.41. The predicted molar refractivity (Wildman–Crippen MR) is 131 cm³/mol. The summed E-state index contributed by atoms with van der Waals surface area (Å²) in [6, 6.07) is 2.36. The SMILES string of the molecule is Cc1nc(N2CCC3(CC2)CO[C@@H](C)C3)c(CO)nc1Sc1ccnc(NC2CCC2)c1Cl. The summed E-state index contributed by atoms with van der Waals surface area (Å²) in [5.74, 6) is 1.53. The molecule has 33 heavy (non-hydrogen) atoms. The minimum absolute atomic E-state index is 0.142. The molecule has 2 aromatic heterocycles. The van der Waals surface area contributed by atoms with Gasteiger partial charge in [0.2, 0.25) is 0 Å². The van der Waals surface area contributed by atoms with E-state index in [2.05, 4.69) is 22.1 Å². The van der Waals surface area contributed by atoms with E-state index in [1.54, 1.807) is 6.20 Å². The van der Waals surface area contributed by atoms with Crippen molar-refractivity contribution in [1.29, 1.82) is 0 Å². The highest BCUT2D eigenvalue weighted by atomic mass is 35.5. The first kappa shape index (κ1) is 23.1. The number of aromatic nitrogens is 3. The lowest BCUT2D eigenvalue weighted by molar-refractivity contribution is 0.0975. The van der Waals surface area contributed by atoms with Crippen LogP contribution in [0, 0.1) is 12.3 Å². The number of aliphatic hydroxyl groups is 1. The summed E-state index contributed by atoms with van der Waals surface area (Å²) >= 11 is 8.15. The van der Waals surface area contributed by atoms with Gasteiger partial charge in [-0.3, -0.25) is 0 Å². The number of nitrogens with zero attached hydrogens (tertiary/aromatic N) is 4. The van der Waals surface area contributed by atoms with E-state index in [9.17, 15) is 5.11 Å². The van der Waals surface area contributed by atoms with Gasteiger partial charge in [0, 0.05) is 30.2 Å². The van der Waals surface area contributed by atoms with Gasteiger partial charge in [-0.25, -0.2) is 15.0 Å². The number of hydrogen-bond donors (Lipinski definition) is 2. The van der Waals surface area contributed by atoms with E-state index in [1.807, 2.05) is 13.0 Å². The van der Waals surface area contributed by atoms with Gasteiger partial charge in [0.25, 0.3) is 0 Å². The number of pyridine rings is 1. The number of halogens is 1. The van der Waals surface area contributed by atoms with Crippen LogP contribution in [0.4, 0.5) is 11.6 Å². The van der Waals surface area contributed by atoms with Gasteiger partial charge in [0.15, 0.2) is 5.82 Å². The largest absolute Gasteiger partial charge is 0.390 e. The zero-order valence-electron chi connectivity index (χ0n) is 19.3. The fraction of sp³-hybridized carbons (Fsp3) is 0.625. The summed E-state index contributed by atoms with van der Waals surface area (Å²) in [4.78, 5) is 17.3. The highest BCUT2D eigenvalue weighted by Crippen LogP contribution is 2.43. The quantitative estimate of drug-likeness (QED) is 0.596. The van der Waals surface area contributed by atoms with E-state index in [0.29, 0.717) is 28.3 Å². The number of aryl methyl sites for hydroxylation is 1. The van der Waals surface area contributed by atoms with Crippen molar-refractivity contribution in [2.75, 3.05) is 29.9 Å². The zero-order chi connectivity index (χ0) is 23.0. The van der Waals surface area contributed by atoms with Crippen LogP contribution < -0.4 is 10.2 Å². The molecule has 0 aromatic carbocycles. The van der Waals surface area contributed by atoms with Gasteiger partial charge in [-0.05, 0) is 63.9 Å². The van der Waals surface area contributed by atoms with Crippen LogP contribution >= 0.6 is 23.4 Å². The Labute approximate surface area is 204 Å². The first-order chi connectivity index (χ1) is 16.0. The van der Waals surface area contributed by atoms with Crippen LogP contribution in [-0.4, -0.2) is 51.9 Å². The molecule has 1 aliphatic carbocycles. The fourth-order valence-corrected chi connectivity index (χ4v) is 6.18. The first-order valence-electron chi connectivity index (χ1n) is 11.9. The van der Waals surface area contributed by atoms with Crippen molar-refractivity contribution in [3.63, 3.8) is 0 Å². The standard InChI is InChI=1S/C24H32ClN5O2S/c1-15-12-24(14-32-15)7-10-30(11-8-24)22-18(13-31)29-23(16(2)27-22)33-19-6-9-26-21(20(19)25)28-17-4-3-5-17/h6,9,15,17,31H,3-5,7-8,10-14H2,1-2H3,(H,26,28)/t15-/m0/s1. The van der Waals surface area contributed by atoms with Crippen LogP contribution in [0.1, 0.15) is 56.8 Å². The zero-order valence-corrected chi connectivity index (χ0v) is 20.9. The summed E-state index contributed by atoms with van der Waals surface area (Å²) in [7, 11) is 0. The molecule has 1 spiro atoms. The fourth-order valence-electron chi connectivity index (χ4n) is 5.02. The first-order valence-corrected chi connectivity index (χ1v) is 13.1. The Bertz CT molecular complexity index is 1010. The molecule has 0 amide bonds. The second-order valence-electron chi connectivity index (χ2n) is 9.70. The van der Waals surface area contributed by atoms with Gasteiger partial charge in [-0.2, -0.15) is 0 Å². The third-order valence-electron chi connectivity index (χ3n) is 7.25. The molecule has 4 heterocycles. The van der Waals surface area contributed by atoms with Crippen LogP contribution in [0.2, 0.25) is 5.02 Å². The molecule has 5 rings (SSSR count). The van der Waals surface area contributed by atoms with E-state index < -0.39 is 0 Å². The average molecular weight is 490 g/mol.